The summed E-state index contributed by atoms with van der Waals surface area (Å²) in [7, 11) is 2.05. The molecule has 5 rings (SSSR count). The minimum absolute atomic E-state index is 0.150. The van der Waals surface area contributed by atoms with Crippen LogP contribution in [0.5, 0.6) is 0 Å². The van der Waals surface area contributed by atoms with E-state index in [4.69, 9.17) is 16.4 Å². The molecule has 4 aromatic rings. The fraction of sp³-hybridized carbons (Fsp3) is 0.192. The Bertz CT molecular complexity index is 1280. The molecular weight excluding hydrogens is 438 g/mol. The zero-order chi connectivity index (χ0) is 22.1. The maximum absolute atomic E-state index is 6.04. The molecule has 2 unspecified atom stereocenters. The molecule has 3 aromatic carbocycles. The summed E-state index contributed by atoms with van der Waals surface area (Å²) in [6.07, 6.45) is -0.166. The van der Waals surface area contributed by atoms with Gasteiger partial charge in [-0.1, -0.05) is 78.3 Å². The standard InChI is InChI=1S/C26H24ClN3OS/c1-17(22-12-6-8-18-7-3-4-11-23(18)22)26-30(2)25(29-31-26)19-9-5-10-20(15-19)28-16-21-13-14-24(27)32-21/h3-15,17,26,28H,16H2,1-2H3. The van der Waals surface area contributed by atoms with Crippen LogP contribution in [0.2, 0.25) is 4.34 Å². The zero-order valence-corrected chi connectivity index (χ0v) is 19.5. The van der Waals surface area contributed by atoms with E-state index in [2.05, 4.69) is 83.0 Å². The van der Waals surface area contributed by atoms with Gasteiger partial charge >= 0.3 is 0 Å². The van der Waals surface area contributed by atoms with Gasteiger partial charge in [0.2, 0.25) is 6.23 Å². The van der Waals surface area contributed by atoms with Crippen molar-refractivity contribution in [2.24, 2.45) is 5.16 Å². The van der Waals surface area contributed by atoms with Crippen LogP contribution in [-0.2, 0) is 11.4 Å². The van der Waals surface area contributed by atoms with E-state index in [1.165, 1.54) is 21.2 Å². The number of amidine groups is 1. The number of halogens is 1. The molecule has 1 aromatic heterocycles. The first-order valence-corrected chi connectivity index (χ1v) is 11.8. The second-order valence-electron chi connectivity index (χ2n) is 8.02. The Morgan fingerprint density at radius 3 is 2.72 bits per heavy atom. The van der Waals surface area contributed by atoms with Crippen LogP contribution in [-0.4, -0.2) is 24.0 Å². The molecule has 6 heteroatoms. The molecule has 0 saturated carbocycles. The Hall–Kier alpha value is -3.02. The molecule has 0 amide bonds. The second-order valence-corrected chi connectivity index (χ2v) is 9.82. The predicted molar refractivity (Wildman–Crippen MR) is 135 cm³/mol. The van der Waals surface area contributed by atoms with Crippen molar-refractivity contribution in [3.63, 3.8) is 0 Å². The number of hydrogen-bond donors (Lipinski definition) is 1. The smallest absolute Gasteiger partial charge is 0.207 e. The topological polar surface area (TPSA) is 36.9 Å². The second kappa shape index (κ2) is 8.85. The molecule has 2 atom stereocenters. The molecule has 1 aliphatic heterocycles. The van der Waals surface area contributed by atoms with Crippen LogP contribution < -0.4 is 5.32 Å². The van der Waals surface area contributed by atoms with E-state index in [0.29, 0.717) is 0 Å². The van der Waals surface area contributed by atoms with Gasteiger partial charge in [-0.3, -0.25) is 0 Å². The Balaban J connectivity index is 1.33. The van der Waals surface area contributed by atoms with Crippen LogP contribution in [0.15, 0.2) is 84.0 Å². The highest BCUT2D eigenvalue weighted by Gasteiger charge is 2.33. The summed E-state index contributed by atoms with van der Waals surface area (Å²) in [5.74, 6) is 0.988. The molecule has 2 heterocycles. The number of rotatable bonds is 6. The first-order chi connectivity index (χ1) is 15.6. The number of likely N-dealkylation sites (N-methyl/N-ethyl adjacent to an activating group) is 1. The number of thiophene rings is 1. The van der Waals surface area contributed by atoms with Crippen molar-refractivity contribution in [2.45, 2.75) is 25.6 Å². The van der Waals surface area contributed by atoms with Gasteiger partial charge in [0.25, 0.3) is 0 Å². The fourth-order valence-electron chi connectivity index (χ4n) is 4.25. The summed E-state index contributed by atoms with van der Waals surface area (Å²) in [6, 6.07) is 27.2. The maximum Gasteiger partial charge on any atom is 0.207 e. The Labute approximate surface area is 197 Å². The minimum atomic E-state index is -0.166. The van der Waals surface area contributed by atoms with Gasteiger partial charge < -0.3 is 15.1 Å². The van der Waals surface area contributed by atoms with Gasteiger partial charge in [-0.2, -0.15) is 0 Å². The Morgan fingerprint density at radius 2 is 1.88 bits per heavy atom. The van der Waals surface area contributed by atoms with Crippen molar-refractivity contribution >= 4 is 45.2 Å². The van der Waals surface area contributed by atoms with Crippen LogP contribution in [0, 0.1) is 0 Å². The number of fused-ring (bicyclic) bond motifs is 1. The first-order valence-electron chi connectivity index (χ1n) is 10.6. The lowest BCUT2D eigenvalue weighted by atomic mass is 9.93. The van der Waals surface area contributed by atoms with Gasteiger partial charge in [-0.15, -0.1) is 11.3 Å². The van der Waals surface area contributed by atoms with Crippen molar-refractivity contribution in [2.75, 3.05) is 12.4 Å². The normalized spacial score (nSPS) is 16.7. The van der Waals surface area contributed by atoms with Gasteiger partial charge in [0.1, 0.15) is 0 Å². The molecular formula is C26H24ClN3OS. The lowest BCUT2D eigenvalue weighted by Crippen LogP contribution is -2.36. The number of nitrogens with zero attached hydrogens (tertiary/aromatic N) is 2. The van der Waals surface area contributed by atoms with Crippen LogP contribution >= 0.6 is 22.9 Å². The lowest BCUT2D eigenvalue weighted by Gasteiger charge is -2.27. The van der Waals surface area contributed by atoms with E-state index >= 15 is 0 Å². The van der Waals surface area contributed by atoms with E-state index in [9.17, 15) is 0 Å². The maximum atomic E-state index is 6.04. The molecule has 0 radical (unpaired) electrons. The molecule has 0 fully saturated rings. The van der Waals surface area contributed by atoms with Gasteiger partial charge in [0, 0.05) is 35.6 Å². The third-order valence-corrected chi connectivity index (χ3v) is 7.15. The van der Waals surface area contributed by atoms with E-state index in [1.54, 1.807) is 11.3 Å². The van der Waals surface area contributed by atoms with Crippen LogP contribution in [0.3, 0.4) is 0 Å². The zero-order valence-electron chi connectivity index (χ0n) is 18.0. The summed E-state index contributed by atoms with van der Waals surface area (Å²) in [5.41, 5.74) is 3.32. The van der Waals surface area contributed by atoms with Crippen molar-refractivity contribution in [1.29, 1.82) is 0 Å². The number of oxime groups is 1. The van der Waals surface area contributed by atoms with Crippen molar-refractivity contribution in [1.82, 2.24) is 4.90 Å². The Morgan fingerprint density at radius 1 is 1.06 bits per heavy atom. The molecule has 1 aliphatic rings. The average Bonchev–Trinajstić information content (AvgIpc) is 3.42. The number of nitrogens with one attached hydrogen (secondary N) is 1. The van der Waals surface area contributed by atoms with Crippen LogP contribution in [0.25, 0.3) is 10.8 Å². The average molecular weight is 462 g/mol. The first kappa shape index (κ1) is 20.9. The highest BCUT2D eigenvalue weighted by molar-refractivity contribution is 7.16. The summed E-state index contributed by atoms with van der Waals surface area (Å²) >= 11 is 7.63. The quantitative estimate of drug-likeness (QED) is 0.338. The van der Waals surface area contributed by atoms with Crippen LogP contribution in [0.4, 0.5) is 5.69 Å². The van der Waals surface area contributed by atoms with Gasteiger partial charge in [-0.25, -0.2) is 0 Å². The summed E-state index contributed by atoms with van der Waals surface area (Å²) in [5, 5.41) is 10.4. The summed E-state index contributed by atoms with van der Waals surface area (Å²) in [6.45, 7) is 2.94. The molecule has 0 saturated heterocycles. The summed E-state index contributed by atoms with van der Waals surface area (Å²) in [4.78, 5) is 9.28. The van der Waals surface area contributed by atoms with Crippen molar-refractivity contribution < 1.29 is 4.84 Å². The van der Waals surface area contributed by atoms with E-state index in [-0.39, 0.29) is 12.1 Å². The van der Waals surface area contributed by atoms with Gasteiger partial charge in [-0.05, 0) is 40.6 Å². The number of anilines is 1. The van der Waals surface area contributed by atoms with E-state index in [1.807, 2.05) is 25.2 Å². The van der Waals surface area contributed by atoms with Crippen LogP contribution in [0.1, 0.15) is 28.8 Å². The van der Waals surface area contributed by atoms with Crippen molar-refractivity contribution in [3.05, 3.63) is 99.2 Å². The molecule has 32 heavy (non-hydrogen) atoms. The third-order valence-electron chi connectivity index (χ3n) is 5.92. The molecule has 162 valence electrons. The predicted octanol–water partition coefficient (Wildman–Crippen LogP) is 6.92. The molecule has 4 nitrogen and oxygen atoms in total. The monoisotopic (exact) mass is 461 g/mol. The van der Waals surface area contributed by atoms with Crippen molar-refractivity contribution in [3.8, 4) is 0 Å². The molecule has 1 N–H and O–H groups in total. The summed E-state index contributed by atoms with van der Waals surface area (Å²) < 4.78 is 0.806. The minimum Gasteiger partial charge on any atom is -0.380 e. The van der Waals surface area contributed by atoms with E-state index in [0.717, 1.165) is 28.0 Å². The number of benzene rings is 3. The molecule has 0 bridgehead atoms. The number of hydrogen-bond acceptors (Lipinski definition) is 5. The SMILES string of the molecule is CC(c1cccc2ccccc12)C1ON=C(c2cccc(NCc3ccc(Cl)s3)c2)N1C. The van der Waals surface area contributed by atoms with Gasteiger partial charge in [0.15, 0.2) is 5.84 Å². The fourth-order valence-corrected chi connectivity index (χ4v) is 5.28. The highest BCUT2D eigenvalue weighted by Crippen LogP contribution is 2.33. The third kappa shape index (κ3) is 4.06. The largest absolute Gasteiger partial charge is 0.380 e. The Kier molecular flexibility index (Phi) is 5.77. The van der Waals surface area contributed by atoms with E-state index < -0.39 is 0 Å². The molecule has 0 spiro atoms. The lowest BCUT2D eigenvalue weighted by molar-refractivity contribution is 0.00415. The highest BCUT2D eigenvalue weighted by atomic mass is 35.5. The van der Waals surface area contributed by atoms with Gasteiger partial charge in [0.05, 0.1) is 4.34 Å². The molecule has 0 aliphatic carbocycles.